The third-order valence-electron chi connectivity index (χ3n) is 9.17. The van der Waals surface area contributed by atoms with Gasteiger partial charge >= 0.3 is 0 Å². The molecule has 4 aliphatic rings. The Hall–Kier alpha value is -1.09. The molecular weight excluding hydrogens is 380 g/mol. The number of hydrogen-bond donors (Lipinski definition) is 2. The quantitative estimate of drug-likeness (QED) is 0.554. The minimum atomic E-state index is -0.351. The van der Waals surface area contributed by atoms with E-state index in [1.54, 1.807) is 0 Å². The van der Waals surface area contributed by atoms with Crippen molar-refractivity contribution < 1.29 is 10.2 Å². The molecule has 0 aliphatic heterocycles. The summed E-state index contributed by atoms with van der Waals surface area (Å²) in [6.07, 6.45) is 11.5. The van der Waals surface area contributed by atoms with Gasteiger partial charge < -0.3 is 10.2 Å². The van der Waals surface area contributed by atoms with Crippen LogP contribution in [0.3, 0.4) is 0 Å². The summed E-state index contributed by atoms with van der Waals surface area (Å²) >= 11 is 6.04. The monoisotopic (exact) mass is 412 g/mol. The predicted molar refractivity (Wildman–Crippen MR) is 119 cm³/mol. The van der Waals surface area contributed by atoms with Gasteiger partial charge in [-0.2, -0.15) is 0 Å². The van der Waals surface area contributed by atoms with Gasteiger partial charge in [-0.25, -0.2) is 0 Å². The van der Waals surface area contributed by atoms with E-state index in [4.69, 9.17) is 11.6 Å². The number of hydrogen-bond acceptors (Lipinski definition) is 2. The molecule has 156 valence electrons. The van der Waals surface area contributed by atoms with Crippen LogP contribution >= 0.6 is 11.6 Å². The smallest absolute Gasteiger partial charge is 0.0809 e. The molecule has 5 unspecified atom stereocenters. The van der Waals surface area contributed by atoms with Crippen LogP contribution in [-0.2, 0) is 0 Å². The Kier molecular flexibility index (Phi) is 4.77. The lowest BCUT2D eigenvalue weighted by atomic mass is 9.48. The Morgan fingerprint density at radius 2 is 1.76 bits per heavy atom. The number of aliphatic hydroxyl groups excluding tert-OH is 2. The van der Waals surface area contributed by atoms with Crippen LogP contribution in [0.25, 0.3) is 6.08 Å². The summed E-state index contributed by atoms with van der Waals surface area (Å²) in [5.41, 5.74) is 4.06. The number of fused-ring (bicyclic) bond motifs is 5. The van der Waals surface area contributed by atoms with Gasteiger partial charge in [0, 0.05) is 10.4 Å². The van der Waals surface area contributed by atoms with Crippen LogP contribution in [0.5, 0.6) is 0 Å². The van der Waals surface area contributed by atoms with Crippen molar-refractivity contribution in [1.29, 1.82) is 0 Å². The summed E-state index contributed by atoms with van der Waals surface area (Å²) in [4.78, 5) is 0. The lowest BCUT2D eigenvalue weighted by molar-refractivity contribution is -0.0685. The molecule has 3 heteroatoms. The summed E-state index contributed by atoms with van der Waals surface area (Å²) < 4.78 is 0. The minimum Gasteiger partial charge on any atom is -0.393 e. The molecule has 0 heterocycles. The van der Waals surface area contributed by atoms with Crippen molar-refractivity contribution in [2.75, 3.05) is 0 Å². The number of halogens is 1. The topological polar surface area (TPSA) is 40.5 Å². The van der Waals surface area contributed by atoms with Gasteiger partial charge in [0.2, 0.25) is 0 Å². The lowest BCUT2D eigenvalue weighted by Crippen LogP contribution is -2.51. The SMILES string of the molecule is C[C@]12CCC3C(CC=C4CC(O)CC[C@@]43C)C1CC(=Cc1ccc(Cl)cc1)C2O. The van der Waals surface area contributed by atoms with Gasteiger partial charge in [0.1, 0.15) is 0 Å². The fourth-order valence-corrected chi connectivity index (χ4v) is 7.54. The van der Waals surface area contributed by atoms with E-state index in [2.05, 4.69) is 26.0 Å². The van der Waals surface area contributed by atoms with Gasteiger partial charge in [0.05, 0.1) is 12.2 Å². The molecule has 2 nitrogen and oxygen atoms in total. The number of allylic oxidation sites excluding steroid dienone is 1. The molecule has 0 radical (unpaired) electrons. The van der Waals surface area contributed by atoms with E-state index >= 15 is 0 Å². The molecule has 0 bridgehead atoms. The van der Waals surface area contributed by atoms with Gasteiger partial charge in [-0.3, -0.25) is 0 Å². The van der Waals surface area contributed by atoms with Crippen LogP contribution in [0.1, 0.15) is 64.4 Å². The summed E-state index contributed by atoms with van der Waals surface area (Å²) in [5, 5.41) is 22.3. The predicted octanol–water partition coefficient (Wildman–Crippen LogP) is 6.02. The standard InChI is InChI=1S/C26H33ClO2/c1-25-11-9-20(28)15-18(25)5-8-21-22(25)10-12-26(2)23(21)14-17(24(26)29)13-16-3-6-19(27)7-4-16/h3-7,13,20-24,28-29H,8-12,14-15H2,1-2H3/t20?,21?,22?,23?,24?,25-,26-/m0/s1. The second kappa shape index (κ2) is 6.97. The van der Waals surface area contributed by atoms with Crippen LogP contribution in [0, 0.1) is 28.6 Å². The highest BCUT2D eigenvalue weighted by atomic mass is 35.5. The third-order valence-corrected chi connectivity index (χ3v) is 9.42. The van der Waals surface area contributed by atoms with E-state index < -0.39 is 0 Å². The number of rotatable bonds is 1. The first kappa shape index (κ1) is 19.8. The molecule has 5 rings (SSSR count). The molecular formula is C26H33ClO2. The molecule has 0 amide bonds. The van der Waals surface area contributed by atoms with Crippen LogP contribution in [0.4, 0.5) is 0 Å². The average Bonchev–Trinajstić information content (AvgIpc) is 2.95. The van der Waals surface area contributed by atoms with Crippen molar-refractivity contribution in [3.8, 4) is 0 Å². The fraction of sp³-hybridized carbons (Fsp3) is 0.615. The largest absolute Gasteiger partial charge is 0.393 e. The van der Waals surface area contributed by atoms with Gasteiger partial charge in [0.25, 0.3) is 0 Å². The van der Waals surface area contributed by atoms with Crippen LogP contribution in [0.15, 0.2) is 41.5 Å². The van der Waals surface area contributed by atoms with E-state index in [-0.39, 0.29) is 23.0 Å². The van der Waals surface area contributed by atoms with Gasteiger partial charge in [-0.1, -0.05) is 55.3 Å². The van der Waals surface area contributed by atoms with Crippen LogP contribution in [-0.4, -0.2) is 22.4 Å². The first-order valence-electron chi connectivity index (χ1n) is 11.3. The van der Waals surface area contributed by atoms with Crippen molar-refractivity contribution in [3.63, 3.8) is 0 Å². The molecule has 4 aliphatic carbocycles. The number of benzene rings is 1. The third kappa shape index (κ3) is 3.06. The molecule has 0 aromatic heterocycles. The van der Waals surface area contributed by atoms with Gasteiger partial charge in [-0.05, 0) is 91.4 Å². The summed E-state index contributed by atoms with van der Waals surface area (Å²) in [5.74, 6) is 1.87. The zero-order chi connectivity index (χ0) is 20.4. The second-order valence-electron chi connectivity index (χ2n) is 10.6. The minimum absolute atomic E-state index is 0.0185. The van der Waals surface area contributed by atoms with Crippen LogP contribution in [0.2, 0.25) is 5.02 Å². The Balaban J connectivity index is 1.46. The Morgan fingerprint density at radius 3 is 2.52 bits per heavy atom. The fourth-order valence-electron chi connectivity index (χ4n) is 7.41. The van der Waals surface area contributed by atoms with E-state index in [0.717, 1.165) is 49.1 Å². The molecule has 0 saturated heterocycles. The van der Waals surface area contributed by atoms with Crippen molar-refractivity contribution in [2.24, 2.45) is 28.6 Å². The zero-order valence-corrected chi connectivity index (χ0v) is 18.3. The normalized spacial score (nSPS) is 45.3. The first-order valence-corrected chi connectivity index (χ1v) is 11.7. The molecule has 3 fully saturated rings. The van der Waals surface area contributed by atoms with Gasteiger partial charge in [0.15, 0.2) is 0 Å². The van der Waals surface area contributed by atoms with Gasteiger partial charge in [-0.15, -0.1) is 0 Å². The van der Waals surface area contributed by atoms with Crippen molar-refractivity contribution in [3.05, 3.63) is 52.1 Å². The maximum atomic E-state index is 11.3. The molecule has 1 aromatic carbocycles. The summed E-state index contributed by atoms with van der Waals surface area (Å²) in [6, 6.07) is 7.93. The zero-order valence-electron chi connectivity index (χ0n) is 17.6. The summed E-state index contributed by atoms with van der Waals surface area (Å²) in [6.45, 7) is 4.79. The number of aliphatic hydroxyl groups is 2. The van der Waals surface area contributed by atoms with Crippen LogP contribution < -0.4 is 0 Å². The maximum Gasteiger partial charge on any atom is 0.0809 e. The highest BCUT2D eigenvalue weighted by molar-refractivity contribution is 6.30. The van der Waals surface area contributed by atoms with Crippen molar-refractivity contribution in [2.45, 2.75) is 71.0 Å². The van der Waals surface area contributed by atoms with E-state index in [1.807, 2.05) is 24.3 Å². The highest BCUT2D eigenvalue weighted by Gasteiger charge is 2.59. The molecule has 0 spiro atoms. The Bertz CT molecular complexity index is 856. The molecule has 2 N–H and O–H groups in total. The average molecular weight is 413 g/mol. The van der Waals surface area contributed by atoms with E-state index in [1.165, 1.54) is 17.6 Å². The second-order valence-corrected chi connectivity index (χ2v) is 11.0. The Morgan fingerprint density at radius 1 is 1.00 bits per heavy atom. The molecule has 3 saturated carbocycles. The van der Waals surface area contributed by atoms with Crippen molar-refractivity contribution in [1.82, 2.24) is 0 Å². The molecule has 29 heavy (non-hydrogen) atoms. The summed E-state index contributed by atoms with van der Waals surface area (Å²) in [7, 11) is 0. The highest BCUT2D eigenvalue weighted by Crippen LogP contribution is 2.65. The lowest BCUT2D eigenvalue weighted by Gasteiger charge is -2.57. The first-order chi connectivity index (χ1) is 13.8. The van der Waals surface area contributed by atoms with E-state index in [9.17, 15) is 10.2 Å². The maximum absolute atomic E-state index is 11.3. The van der Waals surface area contributed by atoms with E-state index in [0.29, 0.717) is 17.8 Å². The molecule has 7 atom stereocenters. The Labute approximate surface area is 179 Å². The molecule has 1 aromatic rings. The van der Waals surface area contributed by atoms with Crippen molar-refractivity contribution >= 4 is 17.7 Å².